The van der Waals surface area contributed by atoms with Crippen LogP contribution in [0.15, 0.2) is 182 Å². The molecule has 6 heteroatoms. The Kier molecular flexibility index (Phi) is 7.72. The van der Waals surface area contributed by atoms with Gasteiger partial charge in [0.15, 0.2) is 17.5 Å². The van der Waals surface area contributed by atoms with Crippen molar-refractivity contribution in [1.82, 2.24) is 29.3 Å². The van der Waals surface area contributed by atoms with Crippen LogP contribution >= 0.6 is 0 Å². The molecule has 0 bridgehead atoms. The van der Waals surface area contributed by atoms with E-state index in [4.69, 9.17) is 19.9 Å². The molecule has 9 rings (SSSR count). The lowest BCUT2D eigenvalue weighted by Crippen LogP contribution is -2.00. The van der Waals surface area contributed by atoms with Crippen LogP contribution in [0.3, 0.4) is 0 Å². The fourth-order valence-corrected chi connectivity index (χ4v) is 6.46. The number of fused-ring (bicyclic) bond motifs is 1. The Labute approximate surface area is 295 Å². The maximum Gasteiger partial charge on any atom is 0.164 e. The molecule has 51 heavy (non-hydrogen) atoms. The van der Waals surface area contributed by atoms with E-state index in [9.17, 15) is 0 Å². The molecule has 4 aromatic heterocycles. The SMILES string of the molecule is c1ccc(-c2nc(-c3ccccc3)nc(-c3cc(-c4ccncc4)cc(-c4ccc(-c5c(-c6ccccc6)nc6ccccn56)cc4)c3)n2)cc1. The Morgan fingerprint density at radius 3 is 1.39 bits per heavy atom. The summed E-state index contributed by atoms with van der Waals surface area (Å²) in [5.74, 6) is 1.86. The van der Waals surface area contributed by atoms with E-state index < -0.39 is 0 Å². The van der Waals surface area contributed by atoms with Crippen LogP contribution in [0.2, 0.25) is 0 Å². The minimum atomic E-state index is 0.606. The zero-order valence-corrected chi connectivity index (χ0v) is 27.5. The smallest absolute Gasteiger partial charge is 0.164 e. The van der Waals surface area contributed by atoms with Crippen molar-refractivity contribution in [1.29, 1.82) is 0 Å². The van der Waals surface area contributed by atoms with Gasteiger partial charge in [-0.2, -0.15) is 0 Å². The van der Waals surface area contributed by atoms with Crippen LogP contribution in [0.1, 0.15) is 0 Å². The number of hydrogen-bond donors (Lipinski definition) is 0. The molecule has 6 nitrogen and oxygen atoms in total. The molecule has 0 aliphatic rings. The summed E-state index contributed by atoms with van der Waals surface area (Å²) in [6.07, 6.45) is 5.71. The van der Waals surface area contributed by atoms with Crippen LogP contribution in [0, 0.1) is 0 Å². The fourth-order valence-electron chi connectivity index (χ4n) is 6.46. The molecule has 0 fully saturated rings. The monoisotopic (exact) mass is 654 g/mol. The summed E-state index contributed by atoms with van der Waals surface area (Å²) in [5, 5.41) is 0. The van der Waals surface area contributed by atoms with E-state index in [-0.39, 0.29) is 0 Å². The molecule has 4 heterocycles. The standard InChI is InChI=1S/C45H30N6/c1-4-12-33(13-5-1)41-42(51-27-11-10-18-40(51)47-41)34-21-19-31(20-22-34)37-28-38(32-23-25-46-26-24-32)30-39(29-37)45-49-43(35-14-6-2-7-15-35)48-44(50-45)36-16-8-3-9-17-36/h1-30H. The summed E-state index contributed by atoms with van der Waals surface area (Å²) >= 11 is 0. The maximum absolute atomic E-state index is 5.04. The van der Waals surface area contributed by atoms with Crippen LogP contribution in [-0.2, 0) is 0 Å². The molecule has 0 spiro atoms. The highest BCUT2D eigenvalue weighted by molar-refractivity contribution is 5.85. The first-order chi connectivity index (χ1) is 25.3. The van der Waals surface area contributed by atoms with Crippen LogP contribution in [-0.4, -0.2) is 29.3 Å². The lowest BCUT2D eigenvalue weighted by atomic mass is 9.95. The molecule has 0 amide bonds. The van der Waals surface area contributed by atoms with E-state index in [2.05, 4.69) is 82.3 Å². The Bertz CT molecular complexity index is 2540. The van der Waals surface area contributed by atoms with E-state index in [1.54, 1.807) is 0 Å². The van der Waals surface area contributed by atoms with E-state index in [1.165, 1.54) is 0 Å². The fraction of sp³-hybridized carbons (Fsp3) is 0. The van der Waals surface area contributed by atoms with Gasteiger partial charge < -0.3 is 0 Å². The highest BCUT2D eigenvalue weighted by atomic mass is 15.0. The second-order valence-electron chi connectivity index (χ2n) is 12.3. The summed E-state index contributed by atoms with van der Waals surface area (Å²) in [4.78, 5) is 24.3. The largest absolute Gasteiger partial charge is 0.299 e. The number of rotatable bonds is 7. The van der Waals surface area contributed by atoms with Crippen molar-refractivity contribution in [3.05, 3.63) is 182 Å². The van der Waals surface area contributed by atoms with Crippen LogP contribution < -0.4 is 0 Å². The quantitative estimate of drug-likeness (QED) is 0.171. The molecule has 0 atom stereocenters. The van der Waals surface area contributed by atoms with Crippen molar-refractivity contribution < 1.29 is 0 Å². The predicted molar refractivity (Wildman–Crippen MR) is 204 cm³/mol. The lowest BCUT2D eigenvalue weighted by molar-refractivity contribution is 1.07. The molecule has 0 saturated carbocycles. The number of hydrogen-bond acceptors (Lipinski definition) is 5. The van der Waals surface area contributed by atoms with Crippen molar-refractivity contribution in [3.8, 4) is 78.9 Å². The molecule has 0 N–H and O–H groups in total. The summed E-state index contributed by atoms with van der Waals surface area (Å²) in [6.45, 7) is 0. The molecule has 0 aliphatic carbocycles. The third-order valence-corrected chi connectivity index (χ3v) is 8.97. The second kappa shape index (κ2) is 13.1. The average molecular weight is 655 g/mol. The number of benzene rings is 5. The maximum atomic E-state index is 5.04. The highest BCUT2D eigenvalue weighted by Gasteiger charge is 2.17. The first-order valence-electron chi connectivity index (χ1n) is 16.8. The van der Waals surface area contributed by atoms with Crippen LogP contribution in [0.5, 0.6) is 0 Å². The molecule has 0 aliphatic heterocycles. The van der Waals surface area contributed by atoms with Gasteiger partial charge in [-0.1, -0.05) is 121 Å². The highest BCUT2D eigenvalue weighted by Crippen LogP contribution is 2.36. The molecular formula is C45H30N6. The Balaban J connectivity index is 1.19. The van der Waals surface area contributed by atoms with E-state index in [1.807, 2.05) is 109 Å². The summed E-state index contributed by atoms with van der Waals surface area (Å²) in [7, 11) is 0. The van der Waals surface area contributed by atoms with Gasteiger partial charge in [0.25, 0.3) is 0 Å². The minimum absolute atomic E-state index is 0.606. The van der Waals surface area contributed by atoms with E-state index in [0.29, 0.717) is 17.5 Å². The topological polar surface area (TPSA) is 68.9 Å². The number of imidazole rings is 1. The Hall–Kier alpha value is -7.05. The summed E-state index contributed by atoms with van der Waals surface area (Å²) in [6, 6.07) is 55.9. The second-order valence-corrected chi connectivity index (χ2v) is 12.3. The van der Waals surface area contributed by atoms with E-state index in [0.717, 1.165) is 67.1 Å². The van der Waals surface area contributed by atoms with Gasteiger partial charge in [0.2, 0.25) is 0 Å². The Morgan fingerprint density at radius 1 is 0.333 bits per heavy atom. The van der Waals surface area contributed by atoms with Crippen molar-refractivity contribution in [2.24, 2.45) is 0 Å². The molecule has 5 aromatic carbocycles. The van der Waals surface area contributed by atoms with Crippen LogP contribution in [0.25, 0.3) is 84.6 Å². The molecule has 0 saturated heterocycles. The van der Waals surface area contributed by atoms with Crippen molar-refractivity contribution in [2.45, 2.75) is 0 Å². The van der Waals surface area contributed by atoms with Crippen molar-refractivity contribution in [3.63, 3.8) is 0 Å². The summed E-state index contributed by atoms with van der Waals surface area (Å²) < 4.78 is 2.16. The van der Waals surface area contributed by atoms with Gasteiger partial charge in [0, 0.05) is 46.4 Å². The van der Waals surface area contributed by atoms with Gasteiger partial charge in [-0.15, -0.1) is 0 Å². The summed E-state index contributed by atoms with van der Waals surface area (Å²) in [5.41, 5.74) is 12.1. The van der Waals surface area contributed by atoms with Gasteiger partial charge in [-0.25, -0.2) is 19.9 Å². The number of nitrogens with zero attached hydrogens (tertiary/aromatic N) is 6. The molecular weight excluding hydrogens is 625 g/mol. The van der Waals surface area contributed by atoms with Gasteiger partial charge in [-0.3, -0.25) is 9.38 Å². The minimum Gasteiger partial charge on any atom is -0.299 e. The van der Waals surface area contributed by atoms with E-state index >= 15 is 0 Å². The number of pyridine rings is 2. The number of aromatic nitrogens is 6. The zero-order valence-electron chi connectivity index (χ0n) is 27.5. The molecule has 0 radical (unpaired) electrons. The third-order valence-electron chi connectivity index (χ3n) is 8.97. The van der Waals surface area contributed by atoms with Gasteiger partial charge in [-0.05, 0) is 64.7 Å². The molecule has 240 valence electrons. The first kappa shape index (κ1) is 30.0. The van der Waals surface area contributed by atoms with Crippen LogP contribution in [0.4, 0.5) is 0 Å². The predicted octanol–water partition coefficient (Wildman–Crippen LogP) is 10.6. The lowest BCUT2D eigenvalue weighted by Gasteiger charge is -2.13. The Morgan fingerprint density at radius 2 is 0.804 bits per heavy atom. The zero-order chi connectivity index (χ0) is 34.0. The van der Waals surface area contributed by atoms with Crippen molar-refractivity contribution >= 4 is 5.65 Å². The normalized spacial score (nSPS) is 11.1. The molecule has 0 unspecified atom stereocenters. The third kappa shape index (κ3) is 5.96. The van der Waals surface area contributed by atoms with Crippen molar-refractivity contribution in [2.75, 3.05) is 0 Å². The van der Waals surface area contributed by atoms with Gasteiger partial charge in [0.05, 0.1) is 11.4 Å². The molecule has 9 aromatic rings. The average Bonchev–Trinajstić information content (AvgIpc) is 3.62. The van der Waals surface area contributed by atoms with Gasteiger partial charge >= 0.3 is 0 Å². The first-order valence-corrected chi connectivity index (χ1v) is 16.8. The van der Waals surface area contributed by atoms with Gasteiger partial charge in [0.1, 0.15) is 5.65 Å².